The fourth-order valence-corrected chi connectivity index (χ4v) is 3.12. The van der Waals surface area contributed by atoms with Crippen molar-refractivity contribution in [1.29, 1.82) is 0 Å². The van der Waals surface area contributed by atoms with E-state index in [1.54, 1.807) is 6.20 Å². The lowest BCUT2D eigenvalue weighted by Gasteiger charge is -2.09. The summed E-state index contributed by atoms with van der Waals surface area (Å²) in [5.74, 6) is 0.691. The Morgan fingerprint density at radius 1 is 1.67 bits per heavy atom. The van der Waals surface area contributed by atoms with E-state index in [0.29, 0.717) is 16.8 Å². The molecule has 1 fully saturated rings. The summed E-state index contributed by atoms with van der Waals surface area (Å²) < 4.78 is 12.0. The standard InChI is InChI=1S/C11H16N2OS/c1-9-4-6-13-11(7-9)15(14)8-10-3-2-5-12-10/h4,6-7,10,12H,2-3,5,8H2,1H3/t10-,15-/m0/s1. The van der Waals surface area contributed by atoms with Crippen LogP contribution in [0.25, 0.3) is 0 Å². The highest BCUT2D eigenvalue weighted by atomic mass is 32.2. The van der Waals surface area contributed by atoms with Crippen molar-refractivity contribution in [1.82, 2.24) is 10.3 Å². The van der Waals surface area contributed by atoms with E-state index < -0.39 is 10.8 Å². The molecule has 1 aliphatic rings. The van der Waals surface area contributed by atoms with Crippen molar-refractivity contribution >= 4 is 10.8 Å². The van der Waals surface area contributed by atoms with Crippen LogP contribution in [0.5, 0.6) is 0 Å². The van der Waals surface area contributed by atoms with Gasteiger partial charge in [0.1, 0.15) is 5.03 Å². The van der Waals surface area contributed by atoms with Crippen LogP contribution in [0.4, 0.5) is 0 Å². The second-order valence-corrected chi connectivity index (χ2v) is 5.42. The van der Waals surface area contributed by atoms with E-state index in [1.165, 1.54) is 6.42 Å². The highest BCUT2D eigenvalue weighted by molar-refractivity contribution is 7.85. The Balaban J connectivity index is 2.01. The van der Waals surface area contributed by atoms with Gasteiger partial charge in [-0.25, -0.2) is 4.98 Å². The quantitative estimate of drug-likeness (QED) is 0.840. The summed E-state index contributed by atoms with van der Waals surface area (Å²) in [6, 6.07) is 4.24. The average molecular weight is 224 g/mol. The van der Waals surface area contributed by atoms with Gasteiger partial charge in [-0.1, -0.05) is 0 Å². The molecule has 0 saturated carbocycles. The first kappa shape index (κ1) is 10.8. The van der Waals surface area contributed by atoms with Gasteiger partial charge < -0.3 is 5.32 Å². The van der Waals surface area contributed by atoms with Crippen molar-refractivity contribution in [2.24, 2.45) is 0 Å². The number of pyridine rings is 1. The molecule has 1 N–H and O–H groups in total. The van der Waals surface area contributed by atoms with Gasteiger partial charge in [0.2, 0.25) is 0 Å². The van der Waals surface area contributed by atoms with Crippen molar-refractivity contribution in [3.63, 3.8) is 0 Å². The minimum absolute atomic E-state index is 0.410. The minimum atomic E-state index is -0.957. The molecule has 0 spiro atoms. The number of nitrogens with zero attached hydrogens (tertiary/aromatic N) is 1. The molecule has 0 amide bonds. The van der Waals surface area contributed by atoms with Crippen LogP contribution < -0.4 is 5.32 Å². The van der Waals surface area contributed by atoms with Gasteiger partial charge in [0.15, 0.2) is 0 Å². The lowest BCUT2D eigenvalue weighted by atomic mass is 10.3. The third-order valence-corrected chi connectivity index (χ3v) is 4.03. The first-order valence-electron chi connectivity index (χ1n) is 5.30. The van der Waals surface area contributed by atoms with Crippen LogP contribution in [-0.4, -0.2) is 27.5 Å². The molecule has 1 aromatic rings. The molecule has 0 unspecified atom stereocenters. The van der Waals surface area contributed by atoms with E-state index in [4.69, 9.17) is 0 Å². The van der Waals surface area contributed by atoms with Crippen LogP contribution >= 0.6 is 0 Å². The van der Waals surface area contributed by atoms with Crippen molar-refractivity contribution in [3.8, 4) is 0 Å². The van der Waals surface area contributed by atoms with Gasteiger partial charge in [-0.2, -0.15) is 0 Å². The Kier molecular flexibility index (Phi) is 3.49. The van der Waals surface area contributed by atoms with Crippen LogP contribution in [0.3, 0.4) is 0 Å². The molecule has 0 aliphatic carbocycles. The summed E-state index contributed by atoms with van der Waals surface area (Å²) in [5.41, 5.74) is 1.12. The Hall–Kier alpha value is -0.740. The predicted octanol–water partition coefficient (Wildman–Crippen LogP) is 1.25. The summed E-state index contributed by atoms with van der Waals surface area (Å²) in [5, 5.41) is 4.06. The number of aryl methyl sites for hydroxylation is 1. The lowest BCUT2D eigenvalue weighted by molar-refractivity contribution is 0.641. The Bertz CT molecular complexity index is 361. The molecule has 2 heterocycles. The lowest BCUT2D eigenvalue weighted by Crippen LogP contribution is -2.27. The predicted molar refractivity (Wildman–Crippen MR) is 61.3 cm³/mol. The summed E-state index contributed by atoms with van der Waals surface area (Å²) in [4.78, 5) is 4.15. The molecule has 3 nitrogen and oxygen atoms in total. The molecule has 82 valence electrons. The van der Waals surface area contributed by atoms with Crippen molar-refractivity contribution in [3.05, 3.63) is 23.9 Å². The van der Waals surface area contributed by atoms with Crippen LogP contribution in [-0.2, 0) is 10.8 Å². The highest BCUT2D eigenvalue weighted by Gasteiger charge is 2.18. The summed E-state index contributed by atoms with van der Waals surface area (Å²) >= 11 is 0. The van der Waals surface area contributed by atoms with Crippen LogP contribution in [0.15, 0.2) is 23.4 Å². The second-order valence-electron chi connectivity index (χ2n) is 3.98. The molecule has 1 aromatic heterocycles. The van der Waals surface area contributed by atoms with E-state index in [-0.39, 0.29) is 0 Å². The van der Waals surface area contributed by atoms with Crippen molar-refractivity contribution in [2.75, 3.05) is 12.3 Å². The normalized spacial score (nSPS) is 22.9. The fourth-order valence-electron chi connectivity index (χ4n) is 1.80. The molecular weight excluding hydrogens is 208 g/mol. The minimum Gasteiger partial charge on any atom is -0.313 e. The molecule has 0 bridgehead atoms. The molecule has 2 atom stereocenters. The maximum atomic E-state index is 12.0. The molecular formula is C11H16N2OS. The average Bonchev–Trinajstić information content (AvgIpc) is 2.70. The molecule has 1 saturated heterocycles. The van der Waals surface area contributed by atoms with Gasteiger partial charge in [-0.3, -0.25) is 4.21 Å². The summed E-state index contributed by atoms with van der Waals surface area (Å²) in [6.07, 6.45) is 4.06. The number of nitrogens with one attached hydrogen (secondary N) is 1. The van der Waals surface area contributed by atoms with E-state index in [0.717, 1.165) is 18.5 Å². The summed E-state index contributed by atoms with van der Waals surface area (Å²) in [7, 11) is -0.957. The fraction of sp³-hybridized carbons (Fsp3) is 0.545. The highest BCUT2D eigenvalue weighted by Crippen LogP contribution is 2.11. The Morgan fingerprint density at radius 2 is 2.53 bits per heavy atom. The number of hydrogen-bond acceptors (Lipinski definition) is 3. The third kappa shape index (κ3) is 2.86. The second kappa shape index (κ2) is 4.86. The van der Waals surface area contributed by atoms with Crippen molar-refractivity contribution in [2.45, 2.75) is 30.8 Å². The van der Waals surface area contributed by atoms with E-state index >= 15 is 0 Å². The monoisotopic (exact) mass is 224 g/mol. The van der Waals surface area contributed by atoms with Crippen LogP contribution in [0.1, 0.15) is 18.4 Å². The SMILES string of the molecule is Cc1ccnc([S@@](=O)C[C@@H]2CCCN2)c1. The largest absolute Gasteiger partial charge is 0.313 e. The number of aromatic nitrogens is 1. The van der Waals surface area contributed by atoms with E-state index in [1.807, 2.05) is 19.1 Å². The van der Waals surface area contributed by atoms with E-state index in [9.17, 15) is 4.21 Å². The number of rotatable bonds is 3. The van der Waals surface area contributed by atoms with Crippen LogP contribution in [0, 0.1) is 6.92 Å². The molecule has 1 aliphatic heterocycles. The zero-order chi connectivity index (χ0) is 10.7. The zero-order valence-electron chi connectivity index (χ0n) is 8.90. The molecule has 2 rings (SSSR count). The number of hydrogen-bond donors (Lipinski definition) is 1. The van der Waals surface area contributed by atoms with Gasteiger partial charge in [-0.05, 0) is 44.0 Å². The zero-order valence-corrected chi connectivity index (χ0v) is 9.72. The molecule has 4 heteroatoms. The van der Waals surface area contributed by atoms with E-state index in [2.05, 4.69) is 10.3 Å². The van der Waals surface area contributed by atoms with Gasteiger partial charge in [-0.15, -0.1) is 0 Å². The Labute approximate surface area is 92.8 Å². The van der Waals surface area contributed by atoms with Gasteiger partial charge in [0, 0.05) is 18.0 Å². The smallest absolute Gasteiger partial charge is 0.127 e. The van der Waals surface area contributed by atoms with Crippen LogP contribution in [0.2, 0.25) is 0 Å². The van der Waals surface area contributed by atoms with Gasteiger partial charge >= 0.3 is 0 Å². The maximum absolute atomic E-state index is 12.0. The Morgan fingerprint density at radius 3 is 3.20 bits per heavy atom. The topological polar surface area (TPSA) is 42.0 Å². The van der Waals surface area contributed by atoms with Gasteiger partial charge in [0.05, 0.1) is 10.8 Å². The van der Waals surface area contributed by atoms with Gasteiger partial charge in [0.25, 0.3) is 0 Å². The molecule has 0 radical (unpaired) electrons. The third-order valence-electron chi connectivity index (χ3n) is 2.64. The summed E-state index contributed by atoms with van der Waals surface area (Å²) in [6.45, 7) is 3.05. The molecule has 15 heavy (non-hydrogen) atoms. The molecule has 0 aromatic carbocycles. The van der Waals surface area contributed by atoms with Crippen molar-refractivity contribution < 1.29 is 4.21 Å². The maximum Gasteiger partial charge on any atom is 0.127 e. The first-order valence-corrected chi connectivity index (χ1v) is 6.62. The first-order chi connectivity index (χ1) is 7.25.